The average molecular weight is 210 g/mol. The molecule has 0 aliphatic carbocycles. The van der Waals surface area contributed by atoms with Gasteiger partial charge in [0.15, 0.2) is 0 Å². The number of thioether (sulfide) groups is 1. The third-order valence-electron chi connectivity index (χ3n) is 1.04. The molecule has 1 aromatic rings. The van der Waals surface area contributed by atoms with Gasteiger partial charge in [-0.25, -0.2) is 4.98 Å². The van der Waals surface area contributed by atoms with Gasteiger partial charge in [-0.3, -0.25) is 4.79 Å². The van der Waals surface area contributed by atoms with Crippen LogP contribution in [-0.4, -0.2) is 21.9 Å². The number of hydrogen-bond donors (Lipinski definition) is 1. The fourth-order valence-electron chi connectivity index (χ4n) is 0.585. The molecule has 1 heterocycles. The van der Waals surface area contributed by atoms with Crippen molar-refractivity contribution in [3.8, 4) is 0 Å². The second kappa shape index (κ2) is 3.82. The number of H-pyrrole nitrogens is 1. The second-order valence-electron chi connectivity index (χ2n) is 2.15. The van der Waals surface area contributed by atoms with Crippen LogP contribution in [0.3, 0.4) is 0 Å². The van der Waals surface area contributed by atoms with Crippen LogP contribution in [0.15, 0.2) is 22.2 Å². The largest absolute Gasteiger partial charge is 0.398 e. The summed E-state index contributed by atoms with van der Waals surface area (Å²) in [5, 5.41) is 0.0704. The van der Waals surface area contributed by atoms with Crippen LogP contribution in [-0.2, 0) is 0 Å². The highest BCUT2D eigenvalue weighted by Gasteiger charge is 2.27. The van der Waals surface area contributed by atoms with Gasteiger partial charge in [0.1, 0.15) is 5.03 Å². The maximum absolute atomic E-state index is 11.7. The molecule has 0 bridgehead atoms. The van der Waals surface area contributed by atoms with Gasteiger partial charge in [0.2, 0.25) is 0 Å². The van der Waals surface area contributed by atoms with Gasteiger partial charge in [-0.05, 0) is 0 Å². The number of halogens is 3. The topological polar surface area (TPSA) is 45.8 Å². The quantitative estimate of drug-likeness (QED) is 0.593. The zero-order valence-electron chi connectivity index (χ0n) is 6.26. The van der Waals surface area contributed by atoms with E-state index in [-0.39, 0.29) is 5.03 Å². The zero-order valence-corrected chi connectivity index (χ0v) is 7.08. The fraction of sp³-hybridized carbons (Fsp3) is 0.333. The van der Waals surface area contributed by atoms with Gasteiger partial charge in [-0.2, -0.15) is 13.2 Å². The van der Waals surface area contributed by atoms with E-state index in [1.165, 1.54) is 0 Å². The van der Waals surface area contributed by atoms with Crippen LogP contribution in [0, 0.1) is 0 Å². The molecule has 0 aliphatic heterocycles. The van der Waals surface area contributed by atoms with E-state index in [9.17, 15) is 18.0 Å². The molecule has 0 fully saturated rings. The molecule has 0 amide bonds. The zero-order chi connectivity index (χ0) is 9.90. The van der Waals surface area contributed by atoms with E-state index in [1.807, 2.05) is 0 Å². The number of hydrogen-bond acceptors (Lipinski definition) is 3. The Bertz CT molecular complexity index is 335. The van der Waals surface area contributed by atoms with E-state index in [0.29, 0.717) is 11.8 Å². The van der Waals surface area contributed by atoms with Gasteiger partial charge in [0.25, 0.3) is 5.56 Å². The van der Waals surface area contributed by atoms with Crippen molar-refractivity contribution >= 4 is 11.8 Å². The van der Waals surface area contributed by atoms with Crippen LogP contribution in [0.1, 0.15) is 0 Å². The average Bonchev–Trinajstić information content (AvgIpc) is 2.00. The fourth-order valence-corrected chi connectivity index (χ4v) is 1.21. The smallest absolute Gasteiger partial charge is 0.313 e. The van der Waals surface area contributed by atoms with Gasteiger partial charge in [-0.1, -0.05) is 11.8 Å². The molecule has 7 heteroatoms. The lowest BCUT2D eigenvalue weighted by Gasteiger charge is -2.03. The monoisotopic (exact) mass is 210 g/mol. The van der Waals surface area contributed by atoms with Crippen molar-refractivity contribution in [3.05, 3.63) is 22.7 Å². The summed E-state index contributed by atoms with van der Waals surface area (Å²) in [6.07, 6.45) is -3.17. The van der Waals surface area contributed by atoms with Crippen LogP contribution in [0.25, 0.3) is 0 Å². The first-order chi connectivity index (χ1) is 5.97. The summed E-state index contributed by atoms with van der Waals surface area (Å²) in [6.45, 7) is 0. The summed E-state index contributed by atoms with van der Waals surface area (Å²) in [4.78, 5) is 16.4. The molecule has 0 aromatic carbocycles. The first-order valence-corrected chi connectivity index (χ1v) is 4.20. The standard InChI is InChI=1S/C6H5F3N2OS/c7-6(8,9)2-13-5-1-4(12)10-3-11-5/h1,3H,2H2,(H,10,11,12). The highest BCUT2D eigenvalue weighted by Crippen LogP contribution is 2.24. The van der Waals surface area contributed by atoms with Crippen molar-refractivity contribution in [3.63, 3.8) is 0 Å². The first-order valence-electron chi connectivity index (χ1n) is 3.22. The van der Waals surface area contributed by atoms with Gasteiger partial charge < -0.3 is 4.98 Å². The summed E-state index contributed by atoms with van der Waals surface area (Å²) in [5.74, 6) is -1.04. The molecule has 13 heavy (non-hydrogen) atoms. The molecule has 0 saturated heterocycles. The molecule has 3 nitrogen and oxygen atoms in total. The second-order valence-corrected chi connectivity index (χ2v) is 3.15. The molecule has 1 aromatic heterocycles. The molecule has 0 atom stereocenters. The summed E-state index contributed by atoms with van der Waals surface area (Å²) in [6, 6.07) is 1.02. The Kier molecular flexibility index (Phi) is 2.97. The van der Waals surface area contributed by atoms with E-state index in [0.717, 1.165) is 12.4 Å². The van der Waals surface area contributed by atoms with Crippen LogP contribution in [0.2, 0.25) is 0 Å². The van der Waals surface area contributed by atoms with Crippen molar-refractivity contribution < 1.29 is 13.2 Å². The lowest BCUT2D eigenvalue weighted by molar-refractivity contribution is -0.105. The summed E-state index contributed by atoms with van der Waals surface area (Å²) in [5.41, 5.74) is -0.459. The molecular weight excluding hydrogens is 205 g/mol. The minimum atomic E-state index is -4.24. The lowest BCUT2D eigenvalue weighted by atomic mass is 10.7. The molecule has 1 N–H and O–H groups in total. The van der Waals surface area contributed by atoms with E-state index in [2.05, 4.69) is 9.97 Å². The number of alkyl halides is 3. The Morgan fingerprint density at radius 1 is 1.54 bits per heavy atom. The summed E-state index contributed by atoms with van der Waals surface area (Å²) < 4.78 is 35.1. The van der Waals surface area contributed by atoms with Gasteiger partial charge in [-0.15, -0.1) is 0 Å². The van der Waals surface area contributed by atoms with Crippen LogP contribution >= 0.6 is 11.8 Å². The third kappa shape index (κ3) is 3.97. The van der Waals surface area contributed by atoms with E-state index >= 15 is 0 Å². The predicted molar refractivity (Wildman–Crippen MR) is 41.6 cm³/mol. The number of aromatic nitrogens is 2. The Hall–Kier alpha value is -0.980. The normalized spacial score (nSPS) is 11.6. The van der Waals surface area contributed by atoms with Crippen LogP contribution in [0.5, 0.6) is 0 Å². The van der Waals surface area contributed by atoms with E-state index in [1.54, 1.807) is 0 Å². The van der Waals surface area contributed by atoms with Crippen molar-refractivity contribution in [2.45, 2.75) is 11.2 Å². The van der Waals surface area contributed by atoms with Crippen LogP contribution < -0.4 is 5.56 Å². The highest BCUT2D eigenvalue weighted by molar-refractivity contribution is 7.99. The van der Waals surface area contributed by atoms with Crippen molar-refractivity contribution in [2.75, 3.05) is 5.75 Å². The molecule has 0 unspecified atom stereocenters. The Labute approximate surface area is 75.4 Å². The molecule has 0 saturated carbocycles. The number of nitrogens with zero attached hydrogens (tertiary/aromatic N) is 1. The molecule has 0 spiro atoms. The maximum atomic E-state index is 11.7. The molecule has 72 valence electrons. The SMILES string of the molecule is O=c1cc(SCC(F)(F)F)nc[nH]1. The predicted octanol–water partition coefficient (Wildman–Crippen LogP) is 1.42. The molecule has 0 radical (unpaired) electrons. The van der Waals surface area contributed by atoms with Crippen molar-refractivity contribution in [2.24, 2.45) is 0 Å². The minimum Gasteiger partial charge on any atom is -0.313 e. The van der Waals surface area contributed by atoms with Gasteiger partial charge in [0.05, 0.1) is 12.1 Å². The highest BCUT2D eigenvalue weighted by atomic mass is 32.2. The minimum absolute atomic E-state index is 0.0704. The maximum Gasteiger partial charge on any atom is 0.398 e. The Morgan fingerprint density at radius 3 is 2.77 bits per heavy atom. The molecule has 0 aliphatic rings. The number of rotatable bonds is 2. The van der Waals surface area contributed by atoms with E-state index < -0.39 is 17.5 Å². The van der Waals surface area contributed by atoms with Crippen molar-refractivity contribution in [1.29, 1.82) is 0 Å². The number of nitrogens with one attached hydrogen (secondary N) is 1. The van der Waals surface area contributed by atoms with Gasteiger partial charge >= 0.3 is 6.18 Å². The third-order valence-corrected chi connectivity index (χ3v) is 2.03. The van der Waals surface area contributed by atoms with Gasteiger partial charge in [0, 0.05) is 6.07 Å². The molecule has 1 rings (SSSR count). The lowest BCUT2D eigenvalue weighted by Crippen LogP contribution is -2.11. The van der Waals surface area contributed by atoms with E-state index in [4.69, 9.17) is 0 Å². The summed E-state index contributed by atoms with van der Waals surface area (Å²) >= 11 is 0.485. The Balaban J connectivity index is 2.60. The number of aromatic amines is 1. The first kappa shape index (κ1) is 10.1. The summed E-state index contributed by atoms with van der Waals surface area (Å²) in [7, 11) is 0. The van der Waals surface area contributed by atoms with Crippen molar-refractivity contribution in [1.82, 2.24) is 9.97 Å². The Morgan fingerprint density at radius 2 is 2.23 bits per heavy atom. The van der Waals surface area contributed by atoms with Crippen LogP contribution in [0.4, 0.5) is 13.2 Å². The molecular formula is C6H5F3N2OS.